The third-order valence-electron chi connectivity index (χ3n) is 5.75. The molecule has 160 valence electrons. The third kappa shape index (κ3) is 9.04. The molecule has 0 aliphatic carbocycles. The summed E-state index contributed by atoms with van der Waals surface area (Å²) in [5.41, 5.74) is 0. The molecule has 0 aromatic heterocycles. The molecule has 2 aromatic rings. The molecule has 29 heavy (non-hydrogen) atoms. The molecule has 2 rings (SSSR count). The van der Waals surface area contributed by atoms with Crippen LogP contribution in [0.15, 0.2) is 60.7 Å². The Morgan fingerprint density at radius 2 is 0.828 bits per heavy atom. The summed E-state index contributed by atoms with van der Waals surface area (Å²) in [6.45, 7) is 9.59. The molecule has 0 heterocycles. The highest BCUT2D eigenvalue weighted by Crippen LogP contribution is 2.53. The summed E-state index contributed by atoms with van der Waals surface area (Å²) < 4.78 is 0. The zero-order chi connectivity index (χ0) is 20.9. The van der Waals surface area contributed by atoms with Gasteiger partial charge in [0.1, 0.15) is 0 Å². The average Bonchev–Trinajstić information content (AvgIpc) is 2.79. The van der Waals surface area contributed by atoms with Crippen LogP contribution in [0, 0.1) is 0 Å². The van der Waals surface area contributed by atoms with Gasteiger partial charge in [-0.05, 0) is 65.8 Å². The summed E-state index contributed by atoms with van der Waals surface area (Å²) >= 11 is 0. The van der Waals surface area contributed by atoms with Crippen LogP contribution in [0.4, 0.5) is 0 Å². The maximum Gasteiger partial charge on any atom is -0.00397 e. The van der Waals surface area contributed by atoms with Gasteiger partial charge in [-0.25, -0.2) is 0 Å². The lowest BCUT2D eigenvalue weighted by atomic mass is 10.4. The minimum atomic E-state index is -0.0498. The Kier molecular flexibility index (Phi) is 13.2. The highest BCUT2D eigenvalue weighted by atomic mass is 31.2. The first-order chi connectivity index (χ1) is 14.2. The maximum absolute atomic E-state index is 2.41. The first-order valence-electron chi connectivity index (χ1n) is 11.3. The molecular weight excluding hydrogens is 424 g/mol. The molecular formula is C25H40P4. The fraction of sp³-hybridized carbons (Fsp3) is 0.520. The Morgan fingerprint density at radius 3 is 1.14 bits per heavy atom. The SMILES string of the molecule is CCP(CC)CCP(CP(CCP(CC)CC)c1ccccc1)c1ccccc1. The van der Waals surface area contributed by atoms with Gasteiger partial charge in [0.25, 0.3) is 0 Å². The second-order valence-electron chi connectivity index (χ2n) is 7.39. The molecule has 0 fully saturated rings. The monoisotopic (exact) mass is 464 g/mol. The van der Waals surface area contributed by atoms with Gasteiger partial charge in [0.2, 0.25) is 0 Å². The molecule has 2 unspecified atom stereocenters. The van der Waals surface area contributed by atoms with Crippen molar-refractivity contribution in [3.8, 4) is 0 Å². The largest absolute Gasteiger partial charge is 0.107 e. The standard InChI is InChI=1S/C25H40P4/c1-5-26(6-2)19-21-28(24-15-11-9-12-16-24)23-29(22-20-27(7-3)8-4)25-17-13-10-14-18-25/h9-18H,5-8,19-23H2,1-4H3. The average molecular weight is 464 g/mol. The second-order valence-corrected chi connectivity index (χ2v) is 18.7. The van der Waals surface area contributed by atoms with Crippen molar-refractivity contribution in [3.05, 3.63) is 60.7 Å². The van der Waals surface area contributed by atoms with E-state index in [9.17, 15) is 0 Å². The molecule has 0 nitrogen and oxygen atoms in total. The first-order valence-corrected chi connectivity index (χ1v) is 18.5. The van der Waals surface area contributed by atoms with Gasteiger partial charge < -0.3 is 0 Å². The van der Waals surface area contributed by atoms with E-state index in [0.717, 1.165) is 0 Å². The van der Waals surface area contributed by atoms with Crippen LogP contribution in [-0.2, 0) is 0 Å². The minimum absolute atomic E-state index is 0.0498. The zero-order valence-electron chi connectivity index (χ0n) is 18.9. The highest BCUT2D eigenvalue weighted by molar-refractivity contribution is 7.82. The van der Waals surface area contributed by atoms with E-state index in [1.807, 2.05) is 0 Å². The molecule has 0 saturated carbocycles. The molecule has 0 aliphatic heterocycles. The molecule has 0 saturated heterocycles. The van der Waals surface area contributed by atoms with Crippen LogP contribution in [-0.4, -0.2) is 55.2 Å². The minimum Gasteiger partial charge on any atom is -0.107 e. The van der Waals surface area contributed by atoms with Gasteiger partial charge in [-0.15, -0.1) is 15.8 Å². The van der Waals surface area contributed by atoms with E-state index in [-0.39, 0.29) is 31.7 Å². The van der Waals surface area contributed by atoms with Crippen molar-refractivity contribution in [2.45, 2.75) is 27.7 Å². The molecule has 0 N–H and O–H groups in total. The maximum atomic E-state index is 2.41. The summed E-state index contributed by atoms with van der Waals surface area (Å²) in [6, 6.07) is 23.0. The van der Waals surface area contributed by atoms with Gasteiger partial charge >= 0.3 is 0 Å². The lowest BCUT2D eigenvalue weighted by Crippen LogP contribution is -2.14. The number of rotatable bonds is 14. The molecule has 2 aromatic carbocycles. The Hall–Kier alpha value is 0.160. The normalized spacial score (nSPS) is 13.7. The van der Waals surface area contributed by atoms with Crippen molar-refractivity contribution in [2.75, 3.05) is 55.2 Å². The fourth-order valence-electron chi connectivity index (χ4n) is 3.65. The van der Waals surface area contributed by atoms with Crippen molar-refractivity contribution in [1.82, 2.24) is 0 Å². The zero-order valence-corrected chi connectivity index (χ0v) is 22.5. The van der Waals surface area contributed by atoms with E-state index in [1.54, 1.807) is 10.6 Å². The van der Waals surface area contributed by atoms with Crippen LogP contribution < -0.4 is 10.6 Å². The van der Waals surface area contributed by atoms with Gasteiger partial charge in [0, 0.05) is 0 Å². The summed E-state index contributed by atoms with van der Waals surface area (Å²) in [6.07, 6.45) is 11.4. The van der Waals surface area contributed by atoms with Gasteiger partial charge in [0.05, 0.1) is 0 Å². The van der Waals surface area contributed by atoms with Crippen molar-refractivity contribution >= 4 is 42.3 Å². The van der Waals surface area contributed by atoms with Crippen LogP contribution in [0.2, 0.25) is 0 Å². The fourth-order valence-corrected chi connectivity index (χ4v) is 15.8. The lowest BCUT2D eigenvalue weighted by molar-refractivity contribution is 1.35. The van der Waals surface area contributed by atoms with Crippen LogP contribution in [0.3, 0.4) is 0 Å². The third-order valence-corrected chi connectivity index (χ3v) is 18.1. The van der Waals surface area contributed by atoms with Crippen LogP contribution in [0.5, 0.6) is 0 Å². The first kappa shape index (κ1) is 25.4. The van der Waals surface area contributed by atoms with E-state index in [4.69, 9.17) is 0 Å². The van der Waals surface area contributed by atoms with Crippen molar-refractivity contribution in [1.29, 1.82) is 0 Å². The van der Waals surface area contributed by atoms with Crippen molar-refractivity contribution < 1.29 is 0 Å². The second kappa shape index (κ2) is 15.0. The Balaban J connectivity index is 2.18. The molecule has 0 radical (unpaired) electrons. The van der Waals surface area contributed by atoms with Gasteiger partial charge in [0.15, 0.2) is 0 Å². The molecule has 0 amide bonds. The van der Waals surface area contributed by atoms with Gasteiger partial charge in [-0.2, -0.15) is 0 Å². The Bertz CT molecular complexity index is 581. The van der Waals surface area contributed by atoms with Gasteiger partial charge in [-0.1, -0.05) is 104 Å². The summed E-state index contributed by atoms with van der Waals surface area (Å²) in [7, 11) is 0.390. The molecule has 0 bridgehead atoms. The van der Waals surface area contributed by atoms with E-state index in [0.29, 0.717) is 0 Å². The molecule has 4 heteroatoms. The van der Waals surface area contributed by atoms with Crippen molar-refractivity contribution in [3.63, 3.8) is 0 Å². The summed E-state index contributed by atoms with van der Waals surface area (Å²) in [5.74, 6) is 1.44. The van der Waals surface area contributed by atoms with Crippen LogP contribution in [0.25, 0.3) is 0 Å². The Labute approximate surface area is 185 Å². The lowest BCUT2D eigenvalue weighted by Gasteiger charge is -2.28. The molecule has 0 aliphatic rings. The molecule has 0 spiro atoms. The van der Waals surface area contributed by atoms with E-state index in [2.05, 4.69) is 88.4 Å². The summed E-state index contributed by atoms with van der Waals surface area (Å²) in [4.78, 5) is 0. The number of hydrogen-bond donors (Lipinski definition) is 0. The topological polar surface area (TPSA) is 0 Å². The van der Waals surface area contributed by atoms with E-state index in [1.165, 1.54) is 55.2 Å². The predicted octanol–water partition coefficient (Wildman–Crippen LogP) is 7.60. The van der Waals surface area contributed by atoms with Crippen LogP contribution >= 0.6 is 31.7 Å². The van der Waals surface area contributed by atoms with Crippen LogP contribution in [0.1, 0.15) is 27.7 Å². The summed E-state index contributed by atoms with van der Waals surface area (Å²) in [5, 5.41) is 3.28. The van der Waals surface area contributed by atoms with Crippen molar-refractivity contribution in [2.24, 2.45) is 0 Å². The van der Waals surface area contributed by atoms with E-state index >= 15 is 0 Å². The smallest absolute Gasteiger partial charge is 0.00397 e. The quantitative estimate of drug-likeness (QED) is 0.253. The number of hydrogen-bond acceptors (Lipinski definition) is 0. The highest BCUT2D eigenvalue weighted by Gasteiger charge is 2.20. The van der Waals surface area contributed by atoms with E-state index < -0.39 is 0 Å². The predicted molar refractivity (Wildman–Crippen MR) is 146 cm³/mol. The van der Waals surface area contributed by atoms with Gasteiger partial charge in [-0.3, -0.25) is 0 Å². The number of benzene rings is 2. The Morgan fingerprint density at radius 1 is 0.483 bits per heavy atom. The molecule has 2 atom stereocenters.